The molecule has 0 N–H and O–H groups in total. The molecule has 0 aliphatic carbocycles. The Balaban J connectivity index is 1.47. The zero-order chi connectivity index (χ0) is 22.5. The van der Waals surface area contributed by atoms with Crippen molar-refractivity contribution in [3.05, 3.63) is 94.7 Å². The van der Waals surface area contributed by atoms with Gasteiger partial charge in [0.05, 0.1) is 11.5 Å². The van der Waals surface area contributed by atoms with Gasteiger partial charge < -0.3 is 4.42 Å². The largest absolute Gasteiger partial charge is 0.455 e. The molecule has 1 aromatic heterocycles. The second-order valence-corrected chi connectivity index (χ2v) is 9.46. The summed E-state index contributed by atoms with van der Waals surface area (Å²) < 4.78 is 6.85. The van der Waals surface area contributed by atoms with Crippen LogP contribution in [0.3, 0.4) is 0 Å². The van der Waals surface area contributed by atoms with Gasteiger partial charge in [-0.15, -0.1) is 11.7 Å². The van der Waals surface area contributed by atoms with E-state index in [0.717, 1.165) is 21.4 Å². The van der Waals surface area contributed by atoms with Gasteiger partial charge in [-0.3, -0.25) is 9.69 Å². The van der Waals surface area contributed by atoms with Crippen molar-refractivity contribution in [3.8, 4) is 11.3 Å². The highest BCUT2D eigenvalue weighted by atomic mass is 79.9. The summed E-state index contributed by atoms with van der Waals surface area (Å²) in [5, 5.41) is 8.84. The van der Waals surface area contributed by atoms with Crippen LogP contribution in [0.15, 0.2) is 92.4 Å². The average molecular weight is 508 g/mol. The van der Waals surface area contributed by atoms with Gasteiger partial charge in [0, 0.05) is 16.6 Å². The van der Waals surface area contributed by atoms with Gasteiger partial charge in [0.15, 0.2) is 5.17 Å². The predicted octanol–water partition coefficient (Wildman–Crippen LogP) is 6.08. The van der Waals surface area contributed by atoms with Crippen LogP contribution in [0.1, 0.15) is 16.9 Å². The van der Waals surface area contributed by atoms with E-state index in [0.29, 0.717) is 23.9 Å². The molecule has 1 aliphatic heterocycles. The number of hydrogen-bond acceptors (Lipinski definition) is 5. The number of carbonyl (C=O) groups is 1. The minimum Gasteiger partial charge on any atom is -0.455 e. The summed E-state index contributed by atoms with van der Waals surface area (Å²) >= 11 is 4.87. The van der Waals surface area contributed by atoms with Crippen molar-refractivity contribution >= 4 is 45.0 Å². The van der Waals surface area contributed by atoms with E-state index in [-0.39, 0.29) is 11.2 Å². The quantitative estimate of drug-likeness (QED) is 0.221. The molecule has 1 amide bonds. The van der Waals surface area contributed by atoms with Crippen molar-refractivity contribution in [3.63, 3.8) is 0 Å². The molecule has 2 aromatic carbocycles. The lowest BCUT2D eigenvalue weighted by molar-refractivity contribution is -0.125. The molecule has 7 heteroatoms. The van der Waals surface area contributed by atoms with E-state index in [4.69, 9.17) is 4.42 Å². The molecule has 0 bridgehead atoms. The number of nitrogens with zero attached hydrogens (tertiary/aromatic N) is 3. The maximum atomic E-state index is 12.9. The summed E-state index contributed by atoms with van der Waals surface area (Å²) in [5.74, 6) is 1.37. The predicted molar refractivity (Wildman–Crippen MR) is 135 cm³/mol. The fraction of sp³-hybridized carbons (Fsp3) is 0.160. The monoisotopic (exact) mass is 507 g/mol. The van der Waals surface area contributed by atoms with E-state index in [9.17, 15) is 4.79 Å². The summed E-state index contributed by atoms with van der Waals surface area (Å²) in [5.41, 5.74) is 3.30. The molecule has 1 atom stereocenters. The fourth-order valence-corrected chi connectivity index (χ4v) is 4.69. The van der Waals surface area contributed by atoms with Gasteiger partial charge in [0.25, 0.3) is 0 Å². The summed E-state index contributed by atoms with van der Waals surface area (Å²) in [7, 11) is 0. The Morgan fingerprint density at radius 3 is 2.59 bits per heavy atom. The minimum atomic E-state index is -0.223. The normalized spacial score (nSPS) is 17.6. The molecule has 0 spiro atoms. The van der Waals surface area contributed by atoms with Crippen LogP contribution in [0.2, 0.25) is 0 Å². The van der Waals surface area contributed by atoms with E-state index < -0.39 is 0 Å². The molecule has 1 saturated heterocycles. The number of aryl methyl sites for hydroxylation is 1. The van der Waals surface area contributed by atoms with Gasteiger partial charge in [-0.2, -0.15) is 5.10 Å². The van der Waals surface area contributed by atoms with Crippen LogP contribution < -0.4 is 0 Å². The number of thioether (sulfide) groups is 1. The van der Waals surface area contributed by atoms with Crippen molar-refractivity contribution < 1.29 is 9.21 Å². The van der Waals surface area contributed by atoms with E-state index in [2.05, 4.69) is 63.9 Å². The van der Waals surface area contributed by atoms with Gasteiger partial charge in [0.1, 0.15) is 11.5 Å². The molecule has 4 rings (SSSR count). The topological polar surface area (TPSA) is 58.2 Å². The van der Waals surface area contributed by atoms with E-state index in [1.807, 2.05) is 36.4 Å². The Morgan fingerprint density at radius 1 is 1.12 bits per heavy atom. The Labute approximate surface area is 200 Å². The third-order valence-electron chi connectivity index (χ3n) is 4.96. The molecule has 0 saturated carbocycles. The molecule has 1 fully saturated rings. The molecular formula is C25H22BrN3O2S. The van der Waals surface area contributed by atoms with Gasteiger partial charge in [-0.1, -0.05) is 75.7 Å². The van der Waals surface area contributed by atoms with Crippen molar-refractivity contribution in [1.29, 1.82) is 0 Å². The molecule has 1 aliphatic rings. The molecule has 32 heavy (non-hydrogen) atoms. The average Bonchev–Trinajstić information content (AvgIpc) is 3.37. The van der Waals surface area contributed by atoms with Crippen molar-refractivity contribution in [2.24, 2.45) is 10.2 Å². The van der Waals surface area contributed by atoms with Crippen molar-refractivity contribution in [1.82, 2.24) is 4.90 Å². The maximum Gasteiger partial charge on any atom is 0.242 e. The number of rotatable bonds is 7. The number of hydrogen-bond donors (Lipinski definition) is 0. The molecule has 0 unspecified atom stereocenters. The third kappa shape index (κ3) is 5.29. The molecule has 0 radical (unpaired) electrons. The van der Waals surface area contributed by atoms with Crippen LogP contribution in [0, 0.1) is 6.92 Å². The highest BCUT2D eigenvalue weighted by Crippen LogP contribution is 2.30. The highest BCUT2D eigenvalue weighted by Gasteiger charge is 2.37. The van der Waals surface area contributed by atoms with Gasteiger partial charge in [-0.25, -0.2) is 0 Å². The first kappa shape index (κ1) is 22.3. The Hall–Kier alpha value is -2.90. The van der Waals surface area contributed by atoms with Crippen LogP contribution in [0.25, 0.3) is 11.3 Å². The molecule has 5 nitrogen and oxygen atoms in total. The summed E-state index contributed by atoms with van der Waals surface area (Å²) in [6.07, 6.45) is 3.90. The molecule has 2 heterocycles. The first-order valence-electron chi connectivity index (χ1n) is 10.1. The zero-order valence-corrected chi connectivity index (χ0v) is 20.0. The van der Waals surface area contributed by atoms with Crippen LogP contribution in [0.4, 0.5) is 0 Å². The van der Waals surface area contributed by atoms with Crippen LogP contribution in [-0.4, -0.2) is 34.0 Å². The van der Waals surface area contributed by atoms with Crippen LogP contribution >= 0.6 is 27.7 Å². The second-order valence-electron chi connectivity index (χ2n) is 7.37. The van der Waals surface area contributed by atoms with Crippen LogP contribution in [0.5, 0.6) is 0 Å². The number of furan rings is 1. The van der Waals surface area contributed by atoms with Gasteiger partial charge in [0.2, 0.25) is 5.91 Å². The van der Waals surface area contributed by atoms with Gasteiger partial charge >= 0.3 is 0 Å². The van der Waals surface area contributed by atoms with Crippen LogP contribution in [-0.2, 0) is 11.2 Å². The maximum absolute atomic E-state index is 12.9. The lowest BCUT2D eigenvalue weighted by atomic mass is 10.1. The summed E-state index contributed by atoms with van der Waals surface area (Å²) in [4.78, 5) is 14.5. The van der Waals surface area contributed by atoms with Crippen molar-refractivity contribution in [2.45, 2.75) is 18.6 Å². The number of carbonyl (C=O) groups excluding carboxylic acids is 1. The third-order valence-corrected chi connectivity index (χ3v) is 6.65. The van der Waals surface area contributed by atoms with E-state index in [1.165, 1.54) is 17.3 Å². The number of benzene rings is 2. The second kappa shape index (κ2) is 10.1. The SMILES string of the molecule is C=CCN1C(=O)[C@@H](Cc2ccc(C)cc2)S/C1=N\N=C/c1ccc(-c2ccc(Br)cc2)o1. The summed E-state index contributed by atoms with van der Waals surface area (Å²) in [6.45, 7) is 6.21. The number of amidine groups is 1. The first-order valence-corrected chi connectivity index (χ1v) is 11.8. The molecule has 162 valence electrons. The minimum absolute atomic E-state index is 0.0277. The molecular weight excluding hydrogens is 486 g/mol. The van der Waals surface area contributed by atoms with E-state index >= 15 is 0 Å². The number of amides is 1. The van der Waals surface area contributed by atoms with Gasteiger partial charge in [-0.05, 0) is 43.2 Å². The zero-order valence-electron chi connectivity index (χ0n) is 17.6. The Kier molecular flexibility index (Phi) is 7.07. The first-order chi connectivity index (χ1) is 15.5. The number of halogens is 1. The smallest absolute Gasteiger partial charge is 0.242 e. The van der Waals surface area contributed by atoms with Crippen molar-refractivity contribution in [2.75, 3.05) is 6.54 Å². The van der Waals surface area contributed by atoms with E-state index in [1.54, 1.807) is 17.2 Å². The Morgan fingerprint density at radius 2 is 1.88 bits per heavy atom. The summed E-state index contributed by atoms with van der Waals surface area (Å²) in [6, 6.07) is 19.9. The standard InChI is InChI=1S/C25H22BrN3O2S/c1-3-14-29-24(30)23(15-18-6-4-17(2)5-7-18)32-25(29)28-27-16-21-12-13-22(31-21)19-8-10-20(26)11-9-19/h3-13,16,23H,1,14-15H2,2H3/b27-16-,28-25-/t23-/m1/s1. The molecule has 3 aromatic rings. The highest BCUT2D eigenvalue weighted by molar-refractivity contribution is 9.10. The lowest BCUT2D eigenvalue weighted by Gasteiger charge is -2.12. The fourth-order valence-electron chi connectivity index (χ4n) is 3.28. The Bertz CT molecular complexity index is 1170. The lowest BCUT2D eigenvalue weighted by Crippen LogP contribution is -2.32.